The molecule has 0 amide bonds. The van der Waals surface area contributed by atoms with E-state index < -0.39 is 0 Å². The number of pyridine rings is 1. The third-order valence-electron chi connectivity index (χ3n) is 3.73. The second kappa shape index (κ2) is 11.5. The van der Waals surface area contributed by atoms with Crippen LogP contribution in [0.25, 0.3) is 0 Å². The molecule has 1 saturated carbocycles. The predicted molar refractivity (Wildman–Crippen MR) is 105 cm³/mol. The Bertz CT molecular complexity index is 460. The van der Waals surface area contributed by atoms with Crippen LogP contribution in [0.5, 0.6) is 5.88 Å². The number of guanidine groups is 1. The van der Waals surface area contributed by atoms with Crippen LogP contribution in [-0.2, 0) is 6.54 Å². The average Bonchev–Trinajstić information content (AvgIpc) is 3.36. The number of halogens is 1. The van der Waals surface area contributed by atoms with Crippen molar-refractivity contribution in [1.29, 1.82) is 0 Å². The molecular weight excluding hydrogens is 403 g/mol. The Morgan fingerprint density at radius 3 is 2.83 bits per heavy atom. The number of ether oxygens (including phenoxy) is 1. The fraction of sp³-hybridized carbons (Fsp3) is 0.647. The van der Waals surface area contributed by atoms with Crippen molar-refractivity contribution < 1.29 is 4.74 Å². The van der Waals surface area contributed by atoms with E-state index in [0.29, 0.717) is 18.4 Å². The minimum atomic E-state index is 0. The fourth-order valence-corrected chi connectivity index (χ4v) is 2.08. The third kappa shape index (κ3) is 8.98. The van der Waals surface area contributed by atoms with E-state index in [1.807, 2.05) is 12.1 Å². The van der Waals surface area contributed by atoms with E-state index in [9.17, 15) is 0 Å². The van der Waals surface area contributed by atoms with E-state index in [2.05, 4.69) is 22.2 Å². The monoisotopic (exact) mass is 432 g/mol. The molecule has 23 heavy (non-hydrogen) atoms. The van der Waals surface area contributed by atoms with Crippen LogP contribution in [0.1, 0.15) is 51.0 Å². The molecule has 1 fully saturated rings. The Morgan fingerprint density at radius 1 is 1.35 bits per heavy atom. The normalized spacial score (nSPS) is 14.2. The molecule has 6 heteroatoms. The zero-order chi connectivity index (χ0) is 15.6. The van der Waals surface area contributed by atoms with Gasteiger partial charge >= 0.3 is 0 Å². The van der Waals surface area contributed by atoms with Crippen LogP contribution in [0.3, 0.4) is 0 Å². The first kappa shape index (κ1) is 20.0. The molecule has 0 spiro atoms. The number of nitrogens with one attached hydrogen (secondary N) is 1. The van der Waals surface area contributed by atoms with E-state index in [1.54, 1.807) is 6.20 Å². The first-order valence-corrected chi connectivity index (χ1v) is 8.39. The van der Waals surface area contributed by atoms with Gasteiger partial charge in [-0.1, -0.05) is 32.3 Å². The van der Waals surface area contributed by atoms with Crippen molar-refractivity contribution in [3.8, 4) is 5.88 Å². The highest BCUT2D eigenvalue weighted by molar-refractivity contribution is 14.0. The van der Waals surface area contributed by atoms with E-state index in [4.69, 9.17) is 10.5 Å². The lowest BCUT2D eigenvalue weighted by Crippen LogP contribution is -2.32. The predicted octanol–water partition coefficient (Wildman–Crippen LogP) is 3.47. The maximum Gasteiger partial charge on any atom is 0.213 e. The molecule has 130 valence electrons. The Labute approximate surface area is 156 Å². The van der Waals surface area contributed by atoms with E-state index in [-0.39, 0.29) is 24.0 Å². The molecule has 0 atom stereocenters. The third-order valence-corrected chi connectivity index (χ3v) is 3.73. The first-order chi connectivity index (χ1) is 10.8. The summed E-state index contributed by atoms with van der Waals surface area (Å²) in [6.45, 7) is 4.43. The quantitative estimate of drug-likeness (QED) is 0.257. The summed E-state index contributed by atoms with van der Waals surface area (Å²) in [5.74, 6) is 1.95. The maximum absolute atomic E-state index is 5.85. The van der Waals surface area contributed by atoms with Crippen LogP contribution in [-0.4, -0.2) is 24.1 Å². The lowest BCUT2D eigenvalue weighted by atomic mass is 10.2. The summed E-state index contributed by atoms with van der Waals surface area (Å²) in [5, 5.41) is 3.15. The molecule has 0 aliphatic heterocycles. The molecule has 0 aromatic carbocycles. The van der Waals surface area contributed by atoms with Crippen molar-refractivity contribution in [2.75, 3.05) is 13.2 Å². The summed E-state index contributed by atoms with van der Waals surface area (Å²) in [6.07, 6.45) is 9.29. The van der Waals surface area contributed by atoms with Crippen molar-refractivity contribution in [2.45, 2.75) is 52.0 Å². The standard InChI is InChI=1S/C17H28N4O.HI/c1-2-3-4-5-10-19-17(18)21-12-15-8-9-16(20-11-15)22-13-14-6-7-14;/h8-9,11,14H,2-7,10,12-13H2,1H3,(H3,18,19,21);1H. The Hall–Kier alpha value is -1.05. The van der Waals surface area contributed by atoms with Gasteiger partial charge in [-0.25, -0.2) is 9.98 Å². The lowest BCUT2D eigenvalue weighted by molar-refractivity contribution is 0.288. The smallest absolute Gasteiger partial charge is 0.213 e. The first-order valence-electron chi connectivity index (χ1n) is 8.39. The van der Waals surface area contributed by atoms with Gasteiger partial charge in [-0.3, -0.25) is 0 Å². The summed E-state index contributed by atoms with van der Waals surface area (Å²) in [4.78, 5) is 8.63. The van der Waals surface area contributed by atoms with Crippen molar-refractivity contribution in [3.63, 3.8) is 0 Å². The van der Waals surface area contributed by atoms with Gasteiger partial charge in [0.1, 0.15) is 0 Å². The molecule has 5 nitrogen and oxygen atoms in total. The minimum absolute atomic E-state index is 0. The second-order valence-corrected chi connectivity index (χ2v) is 5.95. The van der Waals surface area contributed by atoms with E-state index in [1.165, 1.54) is 32.1 Å². The maximum atomic E-state index is 5.85. The van der Waals surface area contributed by atoms with Crippen LogP contribution < -0.4 is 15.8 Å². The number of nitrogens with two attached hydrogens (primary N) is 1. The van der Waals surface area contributed by atoms with E-state index >= 15 is 0 Å². The number of aliphatic imine (C=N–C) groups is 1. The van der Waals surface area contributed by atoms with Gasteiger partial charge in [0.05, 0.1) is 13.2 Å². The molecule has 0 saturated heterocycles. The molecule has 3 N–H and O–H groups in total. The number of rotatable bonds is 10. The molecule has 1 aromatic rings. The average molecular weight is 432 g/mol. The fourth-order valence-electron chi connectivity index (χ4n) is 2.08. The van der Waals surface area contributed by atoms with Gasteiger partial charge in [0.2, 0.25) is 5.88 Å². The highest BCUT2D eigenvalue weighted by Crippen LogP contribution is 2.29. The summed E-state index contributed by atoms with van der Waals surface area (Å²) >= 11 is 0. The molecule has 1 heterocycles. The van der Waals surface area contributed by atoms with E-state index in [0.717, 1.165) is 31.1 Å². The van der Waals surface area contributed by atoms with Crippen molar-refractivity contribution in [2.24, 2.45) is 16.6 Å². The van der Waals surface area contributed by atoms with Gasteiger partial charge in [0, 0.05) is 18.8 Å². The summed E-state index contributed by atoms with van der Waals surface area (Å²) in [5.41, 5.74) is 6.88. The molecule has 1 aromatic heterocycles. The number of unbranched alkanes of at least 4 members (excludes halogenated alkanes) is 3. The molecule has 1 aliphatic carbocycles. The van der Waals surface area contributed by atoms with Gasteiger partial charge in [-0.2, -0.15) is 0 Å². The van der Waals surface area contributed by atoms with Gasteiger partial charge in [-0.15, -0.1) is 24.0 Å². The van der Waals surface area contributed by atoms with Crippen molar-refractivity contribution in [3.05, 3.63) is 23.9 Å². The largest absolute Gasteiger partial charge is 0.477 e. The van der Waals surface area contributed by atoms with Crippen molar-refractivity contribution in [1.82, 2.24) is 10.3 Å². The summed E-state index contributed by atoms with van der Waals surface area (Å²) in [7, 11) is 0. The summed E-state index contributed by atoms with van der Waals surface area (Å²) < 4.78 is 5.61. The van der Waals surface area contributed by atoms with Crippen LogP contribution in [0, 0.1) is 5.92 Å². The lowest BCUT2D eigenvalue weighted by Gasteiger charge is -2.06. The zero-order valence-corrected chi connectivity index (χ0v) is 16.3. The number of aromatic nitrogens is 1. The summed E-state index contributed by atoms with van der Waals surface area (Å²) in [6, 6.07) is 3.90. The van der Waals surface area contributed by atoms with Gasteiger partial charge < -0.3 is 15.8 Å². The van der Waals surface area contributed by atoms with Crippen LogP contribution in [0.15, 0.2) is 23.3 Å². The minimum Gasteiger partial charge on any atom is -0.477 e. The number of hydrogen-bond donors (Lipinski definition) is 2. The van der Waals surface area contributed by atoms with Gasteiger partial charge in [0.15, 0.2) is 5.96 Å². The van der Waals surface area contributed by atoms with Gasteiger partial charge in [0.25, 0.3) is 0 Å². The van der Waals surface area contributed by atoms with Gasteiger partial charge in [-0.05, 0) is 30.7 Å². The van der Waals surface area contributed by atoms with Crippen LogP contribution >= 0.6 is 24.0 Å². The number of hydrogen-bond acceptors (Lipinski definition) is 3. The molecule has 0 radical (unpaired) electrons. The van der Waals surface area contributed by atoms with Crippen LogP contribution in [0.2, 0.25) is 0 Å². The molecular formula is C17H29IN4O. The Balaban J connectivity index is 0.00000264. The number of nitrogens with zero attached hydrogens (tertiary/aromatic N) is 2. The van der Waals surface area contributed by atoms with Crippen molar-refractivity contribution >= 4 is 29.9 Å². The second-order valence-electron chi connectivity index (χ2n) is 5.95. The zero-order valence-electron chi connectivity index (χ0n) is 14.0. The highest BCUT2D eigenvalue weighted by atomic mass is 127. The molecule has 0 unspecified atom stereocenters. The Kier molecular flexibility index (Phi) is 9.98. The molecule has 0 bridgehead atoms. The SMILES string of the molecule is CCCCCCNC(N)=NCc1ccc(OCC2CC2)nc1.I. The molecule has 2 rings (SSSR count). The topological polar surface area (TPSA) is 72.5 Å². The highest BCUT2D eigenvalue weighted by Gasteiger charge is 2.21. The Morgan fingerprint density at radius 2 is 2.17 bits per heavy atom. The molecule has 1 aliphatic rings. The van der Waals surface area contributed by atoms with Crippen LogP contribution in [0.4, 0.5) is 0 Å².